The largest absolute Gasteiger partial charge is 0.478 e. The molecule has 1 fully saturated rings. The molecule has 4 nitrogen and oxygen atoms in total. The monoisotopic (exact) mass is 252 g/mol. The molecule has 0 spiro atoms. The van der Waals surface area contributed by atoms with Crippen molar-refractivity contribution in [3.05, 3.63) is 29.6 Å². The summed E-state index contributed by atoms with van der Waals surface area (Å²) in [6.07, 6.45) is 0. The Bertz CT molecular complexity index is 464. The van der Waals surface area contributed by atoms with E-state index in [0.717, 1.165) is 6.54 Å². The molecule has 0 bridgehead atoms. The summed E-state index contributed by atoms with van der Waals surface area (Å²) in [5.74, 6) is -1.55. The van der Waals surface area contributed by atoms with Crippen molar-refractivity contribution < 1.29 is 14.3 Å². The minimum absolute atomic E-state index is 0.0340. The van der Waals surface area contributed by atoms with E-state index in [-0.39, 0.29) is 17.3 Å². The maximum atomic E-state index is 13.9. The molecule has 1 aliphatic rings. The number of aromatic carboxylic acids is 1. The van der Waals surface area contributed by atoms with Crippen molar-refractivity contribution in [1.29, 1.82) is 0 Å². The summed E-state index contributed by atoms with van der Waals surface area (Å²) >= 11 is 0. The van der Waals surface area contributed by atoms with Crippen LogP contribution in [0.3, 0.4) is 0 Å². The van der Waals surface area contributed by atoms with E-state index >= 15 is 0 Å². The highest BCUT2D eigenvalue weighted by Crippen LogP contribution is 2.26. The number of piperazine rings is 1. The first-order valence-electron chi connectivity index (χ1n) is 5.97. The Balaban J connectivity index is 2.36. The summed E-state index contributed by atoms with van der Waals surface area (Å²) in [7, 11) is 2.02. The third kappa shape index (κ3) is 2.31. The van der Waals surface area contributed by atoms with Crippen LogP contribution in [0.15, 0.2) is 18.2 Å². The number of rotatable bonds is 2. The highest BCUT2D eigenvalue weighted by Gasteiger charge is 2.26. The Labute approximate surface area is 106 Å². The standard InChI is InChI=1S/C13H17FN2O2/c1-9-8-16(7-6-15(9)2)12-10(13(17)18)4-3-5-11(12)14/h3-5,9H,6-8H2,1-2H3,(H,17,18). The predicted molar refractivity (Wildman–Crippen MR) is 67.7 cm³/mol. The molecule has 0 aromatic heterocycles. The number of halogens is 1. The van der Waals surface area contributed by atoms with Crippen molar-refractivity contribution in [1.82, 2.24) is 4.90 Å². The minimum Gasteiger partial charge on any atom is -0.478 e. The predicted octanol–water partition coefficient (Wildman–Crippen LogP) is 1.66. The molecule has 1 atom stereocenters. The molecule has 1 aromatic rings. The molecular weight excluding hydrogens is 235 g/mol. The van der Waals surface area contributed by atoms with Crippen molar-refractivity contribution in [2.75, 3.05) is 31.6 Å². The van der Waals surface area contributed by atoms with E-state index in [0.29, 0.717) is 13.1 Å². The Morgan fingerprint density at radius 2 is 2.17 bits per heavy atom. The number of benzene rings is 1. The van der Waals surface area contributed by atoms with E-state index in [1.165, 1.54) is 18.2 Å². The second kappa shape index (κ2) is 4.94. The van der Waals surface area contributed by atoms with Crippen LogP contribution in [0.5, 0.6) is 0 Å². The van der Waals surface area contributed by atoms with Crippen molar-refractivity contribution in [3.63, 3.8) is 0 Å². The molecule has 0 amide bonds. The number of hydrogen-bond donors (Lipinski definition) is 1. The molecule has 1 N–H and O–H groups in total. The van der Waals surface area contributed by atoms with E-state index < -0.39 is 11.8 Å². The lowest BCUT2D eigenvalue weighted by molar-refractivity contribution is 0.0696. The zero-order valence-corrected chi connectivity index (χ0v) is 10.6. The Morgan fingerprint density at radius 1 is 1.44 bits per heavy atom. The van der Waals surface area contributed by atoms with Crippen LogP contribution < -0.4 is 4.90 Å². The summed E-state index contributed by atoms with van der Waals surface area (Å²) in [5, 5.41) is 9.13. The highest BCUT2D eigenvalue weighted by atomic mass is 19.1. The average Bonchev–Trinajstić information content (AvgIpc) is 2.32. The fourth-order valence-electron chi connectivity index (χ4n) is 2.26. The van der Waals surface area contributed by atoms with Gasteiger partial charge in [0.2, 0.25) is 0 Å². The van der Waals surface area contributed by atoms with Crippen LogP contribution in [0, 0.1) is 5.82 Å². The van der Waals surface area contributed by atoms with E-state index in [4.69, 9.17) is 5.11 Å². The van der Waals surface area contributed by atoms with Crippen LogP contribution in [0.25, 0.3) is 0 Å². The van der Waals surface area contributed by atoms with Crippen LogP contribution in [0.4, 0.5) is 10.1 Å². The lowest BCUT2D eigenvalue weighted by atomic mass is 10.1. The number of carbonyl (C=O) groups is 1. The molecular formula is C13H17FN2O2. The second-order valence-corrected chi connectivity index (χ2v) is 4.72. The number of carboxylic acid groups (broad SMARTS) is 1. The minimum atomic E-state index is -1.09. The molecule has 18 heavy (non-hydrogen) atoms. The zero-order valence-electron chi connectivity index (χ0n) is 10.6. The molecule has 2 rings (SSSR count). The average molecular weight is 252 g/mol. The van der Waals surface area contributed by atoms with Gasteiger partial charge in [0.15, 0.2) is 0 Å². The molecule has 1 saturated heterocycles. The van der Waals surface area contributed by atoms with Gasteiger partial charge in [-0.3, -0.25) is 0 Å². The van der Waals surface area contributed by atoms with Crippen LogP contribution in [-0.2, 0) is 0 Å². The first-order valence-corrected chi connectivity index (χ1v) is 5.97. The zero-order chi connectivity index (χ0) is 13.3. The van der Waals surface area contributed by atoms with Gasteiger partial charge in [-0.2, -0.15) is 0 Å². The van der Waals surface area contributed by atoms with Gasteiger partial charge in [0.05, 0.1) is 11.3 Å². The molecule has 0 saturated carbocycles. The number of para-hydroxylation sites is 1. The van der Waals surface area contributed by atoms with Gasteiger partial charge in [-0.05, 0) is 26.1 Å². The molecule has 1 aromatic carbocycles. The fraction of sp³-hybridized carbons (Fsp3) is 0.462. The SMILES string of the molecule is CC1CN(c2c(F)cccc2C(=O)O)CCN1C. The van der Waals surface area contributed by atoms with Crippen LogP contribution in [0.2, 0.25) is 0 Å². The normalized spacial score (nSPS) is 21.1. The Hall–Kier alpha value is -1.62. The van der Waals surface area contributed by atoms with E-state index in [1.54, 1.807) is 0 Å². The lowest BCUT2D eigenvalue weighted by Crippen LogP contribution is -2.50. The third-order valence-electron chi connectivity index (χ3n) is 3.49. The van der Waals surface area contributed by atoms with Gasteiger partial charge in [0.1, 0.15) is 5.82 Å². The van der Waals surface area contributed by atoms with Gasteiger partial charge in [-0.25, -0.2) is 9.18 Å². The summed E-state index contributed by atoms with van der Waals surface area (Å²) in [6.45, 7) is 4.13. The number of likely N-dealkylation sites (N-methyl/N-ethyl adjacent to an activating group) is 1. The quantitative estimate of drug-likeness (QED) is 0.869. The first kappa shape index (κ1) is 12.8. The van der Waals surface area contributed by atoms with E-state index in [2.05, 4.69) is 4.90 Å². The summed E-state index contributed by atoms with van der Waals surface area (Å²) in [6, 6.07) is 4.47. The third-order valence-corrected chi connectivity index (χ3v) is 3.49. The fourth-order valence-corrected chi connectivity index (χ4v) is 2.26. The van der Waals surface area contributed by atoms with Gasteiger partial charge in [0.25, 0.3) is 0 Å². The summed E-state index contributed by atoms with van der Waals surface area (Å²) in [4.78, 5) is 15.2. The van der Waals surface area contributed by atoms with Gasteiger partial charge in [-0.15, -0.1) is 0 Å². The number of hydrogen-bond acceptors (Lipinski definition) is 3. The molecule has 1 heterocycles. The van der Waals surface area contributed by atoms with Gasteiger partial charge >= 0.3 is 5.97 Å². The number of anilines is 1. The summed E-state index contributed by atoms with van der Waals surface area (Å²) < 4.78 is 13.9. The van der Waals surface area contributed by atoms with Crippen LogP contribution in [-0.4, -0.2) is 48.7 Å². The highest BCUT2D eigenvalue weighted by molar-refractivity contribution is 5.94. The first-order chi connectivity index (χ1) is 8.50. The van der Waals surface area contributed by atoms with E-state index in [1.807, 2.05) is 18.9 Å². The van der Waals surface area contributed by atoms with Crippen molar-refractivity contribution >= 4 is 11.7 Å². The summed E-state index contributed by atoms with van der Waals surface area (Å²) in [5.41, 5.74) is 0.247. The molecule has 1 aliphatic heterocycles. The smallest absolute Gasteiger partial charge is 0.337 e. The molecule has 0 radical (unpaired) electrons. The molecule has 98 valence electrons. The molecule has 0 aliphatic carbocycles. The topological polar surface area (TPSA) is 43.8 Å². The Morgan fingerprint density at radius 3 is 2.78 bits per heavy atom. The van der Waals surface area contributed by atoms with Crippen molar-refractivity contribution in [2.24, 2.45) is 0 Å². The van der Waals surface area contributed by atoms with Gasteiger partial charge < -0.3 is 14.9 Å². The van der Waals surface area contributed by atoms with Gasteiger partial charge in [0, 0.05) is 25.7 Å². The van der Waals surface area contributed by atoms with Crippen molar-refractivity contribution in [2.45, 2.75) is 13.0 Å². The van der Waals surface area contributed by atoms with Crippen molar-refractivity contribution in [3.8, 4) is 0 Å². The van der Waals surface area contributed by atoms with E-state index in [9.17, 15) is 9.18 Å². The van der Waals surface area contributed by atoms with Gasteiger partial charge in [-0.1, -0.05) is 6.07 Å². The number of nitrogens with zero attached hydrogens (tertiary/aromatic N) is 2. The van der Waals surface area contributed by atoms with Crippen LogP contribution in [0.1, 0.15) is 17.3 Å². The maximum Gasteiger partial charge on any atom is 0.337 e. The number of carboxylic acids is 1. The van der Waals surface area contributed by atoms with Crippen LogP contribution >= 0.6 is 0 Å². The molecule has 5 heteroatoms. The molecule has 1 unspecified atom stereocenters. The Kier molecular flexibility index (Phi) is 3.52. The maximum absolute atomic E-state index is 13.9. The second-order valence-electron chi connectivity index (χ2n) is 4.72. The lowest BCUT2D eigenvalue weighted by Gasteiger charge is -2.39.